The number of carboxylic acids is 1. The van der Waals surface area contributed by atoms with Crippen molar-refractivity contribution >= 4 is 5.97 Å². The molecule has 1 aromatic rings. The molecule has 0 spiro atoms. The van der Waals surface area contributed by atoms with Crippen molar-refractivity contribution in [2.75, 3.05) is 14.1 Å². The van der Waals surface area contributed by atoms with Crippen LogP contribution < -0.4 is 0 Å². The zero-order valence-electron chi connectivity index (χ0n) is 11.6. The van der Waals surface area contributed by atoms with Gasteiger partial charge < -0.3 is 10.0 Å². The number of hydrogen-bond acceptors (Lipinski definition) is 2. The Bertz CT molecular complexity index is 509. The molecule has 0 aliphatic heterocycles. The Balaban J connectivity index is 1.87. The van der Waals surface area contributed by atoms with Gasteiger partial charge in [-0.05, 0) is 62.4 Å². The van der Waals surface area contributed by atoms with Gasteiger partial charge in [0.15, 0.2) is 0 Å². The Morgan fingerprint density at radius 3 is 2.68 bits per heavy atom. The van der Waals surface area contributed by atoms with Gasteiger partial charge in [-0.3, -0.25) is 4.79 Å². The third-order valence-corrected chi connectivity index (χ3v) is 4.58. The van der Waals surface area contributed by atoms with Gasteiger partial charge in [0, 0.05) is 6.04 Å². The molecule has 3 nitrogen and oxygen atoms in total. The maximum atomic E-state index is 11.1. The van der Waals surface area contributed by atoms with E-state index in [4.69, 9.17) is 5.11 Å². The largest absolute Gasteiger partial charge is 0.481 e. The van der Waals surface area contributed by atoms with Gasteiger partial charge in [-0.15, -0.1) is 0 Å². The maximum absolute atomic E-state index is 11.1. The Morgan fingerprint density at radius 2 is 2.05 bits per heavy atom. The first kappa shape index (κ1) is 12.7. The van der Waals surface area contributed by atoms with Crippen LogP contribution in [0.15, 0.2) is 18.2 Å². The SMILES string of the molecule is CN(C)C(c1ccc2c(c1)CCC2)C1CC1C(=O)O. The van der Waals surface area contributed by atoms with Crippen LogP contribution in [0.25, 0.3) is 0 Å². The van der Waals surface area contributed by atoms with Crippen LogP contribution in [0.2, 0.25) is 0 Å². The van der Waals surface area contributed by atoms with Crippen LogP contribution in [0.5, 0.6) is 0 Å². The zero-order chi connectivity index (χ0) is 13.6. The summed E-state index contributed by atoms with van der Waals surface area (Å²) in [6.07, 6.45) is 4.45. The fourth-order valence-electron chi connectivity index (χ4n) is 3.55. The lowest BCUT2D eigenvalue weighted by molar-refractivity contribution is -0.139. The number of aliphatic carboxylic acids is 1. The molecule has 0 saturated heterocycles. The molecule has 1 N–H and O–H groups in total. The standard InChI is InChI=1S/C16H21NO2/c1-17(2)15(13-9-14(13)16(18)19)12-7-6-10-4-3-5-11(10)8-12/h6-8,13-15H,3-5,9H2,1-2H3,(H,18,19). The highest BCUT2D eigenvalue weighted by atomic mass is 16.4. The second-order valence-corrected chi connectivity index (χ2v) is 6.13. The normalized spacial score (nSPS) is 26.3. The van der Waals surface area contributed by atoms with Gasteiger partial charge in [0.25, 0.3) is 0 Å². The molecule has 1 fully saturated rings. The molecular weight excluding hydrogens is 238 g/mol. The van der Waals surface area contributed by atoms with Crippen LogP contribution in [0, 0.1) is 11.8 Å². The third kappa shape index (κ3) is 2.27. The fourth-order valence-corrected chi connectivity index (χ4v) is 3.55. The van der Waals surface area contributed by atoms with Crippen LogP contribution >= 0.6 is 0 Å². The van der Waals surface area contributed by atoms with Gasteiger partial charge in [-0.1, -0.05) is 18.2 Å². The lowest BCUT2D eigenvalue weighted by atomic mass is 9.96. The van der Waals surface area contributed by atoms with Crippen molar-refractivity contribution in [2.24, 2.45) is 11.8 Å². The molecule has 102 valence electrons. The molecule has 0 aromatic heterocycles. The molecular formula is C16H21NO2. The topological polar surface area (TPSA) is 40.5 Å². The smallest absolute Gasteiger partial charge is 0.306 e. The Kier molecular flexibility index (Phi) is 3.09. The molecule has 3 heteroatoms. The van der Waals surface area contributed by atoms with E-state index in [9.17, 15) is 4.79 Å². The fraction of sp³-hybridized carbons (Fsp3) is 0.562. The van der Waals surface area contributed by atoms with E-state index in [0.29, 0.717) is 0 Å². The minimum Gasteiger partial charge on any atom is -0.481 e. The summed E-state index contributed by atoms with van der Waals surface area (Å²) in [5.74, 6) is -0.523. The molecule has 3 rings (SSSR count). The molecule has 0 radical (unpaired) electrons. The molecule has 1 saturated carbocycles. The van der Waals surface area contributed by atoms with E-state index in [1.165, 1.54) is 36.0 Å². The zero-order valence-corrected chi connectivity index (χ0v) is 11.6. The number of rotatable bonds is 4. The average Bonchev–Trinajstić information content (AvgIpc) is 2.99. The van der Waals surface area contributed by atoms with Gasteiger partial charge in [0.1, 0.15) is 0 Å². The third-order valence-electron chi connectivity index (χ3n) is 4.58. The summed E-state index contributed by atoms with van der Waals surface area (Å²) in [6, 6.07) is 7.00. The molecule has 0 bridgehead atoms. The highest BCUT2D eigenvalue weighted by Gasteiger charge is 2.49. The Morgan fingerprint density at radius 1 is 1.32 bits per heavy atom. The van der Waals surface area contributed by atoms with E-state index in [1.807, 2.05) is 0 Å². The van der Waals surface area contributed by atoms with Crippen molar-refractivity contribution in [2.45, 2.75) is 31.7 Å². The number of carbonyl (C=O) groups is 1. The number of hydrogen-bond donors (Lipinski definition) is 1. The summed E-state index contributed by atoms with van der Waals surface area (Å²) in [6.45, 7) is 0. The molecule has 3 unspecified atom stereocenters. The second-order valence-electron chi connectivity index (χ2n) is 6.13. The molecule has 0 amide bonds. The van der Waals surface area contributed by atoms with Crippen molar-refractivity contribution in [3.8, 4) is 0 Å². The predicted molar refractivity (Wildman–Crippen MR) is 74.1 cm³/mol. The minimum absolute atomic E-state index is 0.152. The van der Waals surface area contributed by atoms with Crippen molar-refractivity contribution in [3.63, 3.8) is 0 Å². The van der Waals surface area contributed by atoms with Crippen LogP contribution in [0.4, 0.5) is 0 Å². The molecule has 19 heavy (non-hydrogen) atoms. The van der Waals surface area contributed by atoms with E-state index in [-0.39, 0.29) is 17.9 Å². The number of benzene rings is 1. The van der Waals surface area contributed by atoms with Crippen molar-refractivity contribution in [3.05, 3.63) is 34.9 Å². The molecule has 2 aliphatic carbocycles. The first-order chi connectivity index (χ1) is 9.08. The number of carboxylic acid groups (broad SMARTS) is 1. The van der Waals surface area contributed by atoms with Crippen LogP contribution in [0.3, 0.4) is 0 Å². The van der Waals surface area contributed by atoms with Crippen LogP contribution in [-0.2, 0) is 17.6 Å². The van der Waals surface area contributed by atoms with Gasteiger partial charge >= 0.3 is 5.97 Å². The van der Waals surface area contributed by atoms with E-state index in [2.05, 4.69) is 37.2 Å². The number of fused-ring (bicyclic) bond motifs is 1. The Labute approximate surface area is 114 Å². The molecule has 2 aliphatic rings. The molecule has 1 aromatic carbocycles. The number of aryl methyl sites for hydroxylation is 2. The second kappa shape index (κ2) is 4.64. The first-order valence-electron chi connectivity index (χ1n) is 7.09. The molecule has 0 heterocycles. The van der Waals surface area contributed by atoms with Gasteiger partial charge in [0.2, 0.25) is 0 Å². The van der Waals surface area contributed by atoms with Crippen molar-refractivity contribution in [1.82, 2.24) is 4.90 Å². The van der Waals surface area contributed by atoms with E-state index in [1.54, 1.807) is 0 Å². The molecule has 3 atom stereocenters. The van der Waals surface area contributed by atoms with E-state index < -0.39 is 5.97 Å². The number of nitrogens with zero attached hydrogens (tertiary/aromatic N) is 1. The lowest BCUT2D eigenvalue weighted by Crippen LogP contribution is -2.23. The van der Waals surface area contributed by atoms with Crippen LogP contribution in [0.1, 0.15) is 35.6 Å². The average molecular weight is 259 g/mol. The van der Waals surface area contributed by atoms with Crippen molar-refractivity contribution in [1.29, 1.82) is 0 Å². The summed E-state index contributed by atoms with van der Waals surface area (Å²) in [4.78, 5) is 13.3. The van der Waals surface area contributed by atoms with Crippen molar-refractivity contribution < 1.29 is 9.90 Å². The minimum atomic E-state index is -0.641. The summed E-state index contributed by atoms with van der Waals surface area (Å²) >= 11 is 0. The summed E-state index contributed by atoms with van der Waals surface area (Å²) in [7, 11) is 4.10. The first-order valence-corrected chi connectivity index (χ1v) is 7.09. The Hall–Kier alpha value is -1.35. The lowest BCUT2D eigenvalue weighted by Gasteiger charge is -2.25. The summed E-state index contributed by atoms with van der Waals surface area (Å²) in [5, 5.41) is 9.14. The van der Waals surface area contributed by atoms with E-state index in [0.717, 1.165) is 6.42 Å². The van der Waals surface area contributed by atoms with Crippen LogP contribution in [-0.4, -0.2) is 30.1 Å². The highest BCUT2D eigenvalue weighted by Crippen LogP contribution is 2.49. The highest BCUT2D eigenvalue weighted by molar-refractivity contribution is 5.73. The monoisotopic (exact) mass is 259 g/mol. The van der Waals surface area contributed by atoms with E-state index >= 15 is 0 Å². The maximum Gasteiger partial charge on any atom is 0.306 e. The van der Waals surface area contributed by atoms with Gasteiger partial charge in [-0.2, -0.15) is 0 Å². The summed E-state index contributed by atoms with van der Waals surface area (Å²) < 4.78 is 0. The predicted octanol–water partition coefficient (Wildman–Crippen LogP) is 2.50. The van der Waals surface area contributed by atoms with Gasteiger partial charge in [-0.25, -0.2) is 0 Å². The van der Waals surface area contributed by atoms with Gasteiger partial charge in [0.05, 0.1) is 5.92 Å². The summed E-state index contributed by atoms with van der Waals surface area (Å²) in [5.41, 5.74) is 4.24. The quantitative estimate of drug-likeness (QED) is 0.903.